The van der Waals surface area contributed by atoms with E-state index in [0.29, 0.717) is 16.9 Å². The highest BCUT2D eigenvalue weighted by Crippen LogP contribution is 2.30. The van der Waals surface area contributed by atoms with Crippen molar-refractivity contribution in [3.8, 4) is 5.75 Å². The molecule has 0 spiro atoms. The van der Waals surface area contributed by atoms with Gasteiger partial charge in [-0.15, -0.1) is 0 Å². The molecule has 0 atom stereocenters. The first-order valence-corrected chi connectivity index (χ1v) is 8.56. The second kappa shape index (κ2) is 7.74. The van der Waals surface area contributed by atoms with Gasteiger partial charge in [-0.05, 0) is 42.3 Å². The van der Waals surface area contributed by atoms with E-state index in [1.54, 1.807) is 48.5 Å². The smallest absolute Gasteiger partial charge is 0.336 e. The molecule has 0 aliphatic rings. The number of para-hydroxylation sites is 1. The van der Waals surface area contributed by atoms with Crippen molar-refractivity contribution in [2.24, 2.45) is 0 Å². The van der Waals surface area contributed by atoms with E-state index in [0.717, 1.165) is 12.0 Å². The van der Waals surface area contributed by atoms with Crippen LogP contribution in [-0.2, 0) is 6.42 Å². The molecule has 27 heavy (non-hydrogen) atoms. The number of benzene rings is 3. The molecule has 3 aromatic carbocycles. The summed E-state index contributed by atoms with van der Waals surface area (Å²) < 4.78 is 0. The number of phenols is 1. The Morgan fingerprint density at radius 1 is 0.852 bits per heavy atom. The fourth-order valence-electron chi connectivity index (χ4n) is 2.85. The number of hydrogen-bond donors (Lipinski definition) is 3. The maximum absolute atomic E-state index is 13.0. The number of rotatable bonds is 6. The highest BCUT2D eigenvalue weighted by atomic mass is 16.4. The van der Waals surface area contributed by atoms with E-state index < -0.39 is 11.8 Å². The second-order valence-electron chi connectivity index (χ2n) is 6.06. The molecular weight excluding hydrogens is 342 g/mol. The lowest BCUT2D eigenvalue weighted by molar-refractivity contribution is 0.0693. The summed E-state index contributed by atoms with van der Waals surface area (Å²) in [6.07, 6.45) is 0.800. The first kappa shape index (κ1) is 18.2. The Hall–Kier alpha value is -3.60. The van der Waals surface area contributed by atoms with Gasteiger partial charge in [-0.3, -0.25) is 4.79 Å². The van der Waals surface area contributed by atoms with Crippen molar-refractivity contribution in [1.82, 2.24) is 0 Å². The fraction of sp³-hybridized carbons (Fsp3) is 0.0909. The number of aromatic hydroxyl groups is 1. The van der Waals surface area contributed by atoms with Crippen LogP contribution >= 0.6 is 0 Å². The number of carboxylic acids is 1. The van der Waals surface area contributed by atoms with Gasteiger partial charge in [-0.1, -0.05) is 43.3 Å². The summed E-state index contributed by atoms with van der Waals surface area (Å²) in [5.41, 5.74) is 2.35. The molecule has 0 aliphatic carbocycles. The molecule has 3 N–H and O–H groups in total. The summed E-state index contributed by atoms with van der Waals surface area (Å²) in [4.78, 5) is 24.4. The topological polar surface area (TPSA) is 86.6 Å². The number of ketones is 1. The quantitative estimate of drug-likeness (QED) is 0.440. The van der Waals surface area contributed by atoms with Gasteiger partial charge in [0.1, 0.15) is 5.75 Å². The third kappa shape index (κ3) is 3.82. The molecule has 0 fully saturated rings. The molecule has 0 saturated carbocycles. The third-order valence-electron chi connectivity index (χ3n) is 4.31. The molecule has 0 aliphatic heterocycles. The van der Waals surface area contributed by atoms with Gasteiger partial charge in [0, 0.05) is 16.8 Å². The number of carbonyl (C=O) groups excluding carboxylic acids is 1. The molecular formula is C22H19NO4. The minimum atomic E-state index is -1.16. The Labute approximate surface area is 156 Å². The van der Waals surface area contributed by atoms with Gasteiger partial charge >= 0.3 is 5.97 Å². The number of aromatic carboxylic acids is 1. The van der Waals surface area contributed by atoms with E-state index in [1.165, 1.54) is 12.1 Å². The Kier molecular flexibility index (Phi) is 5.22. The molecule has 3 aromatic rings. The molecule has 0 aromatic heterocycles. The van der Waals surface area contributed by atoms with Crippen LogP contribution in [0.25, 0.3) is 0 Å². The van der Waals surface area contributed by atoms with E-state index in [1.807, 2.05) is 13.0 Å². The number of carboxylic acid groups (broad SMARTS) is 1. The summed E-state index contributed by atoms with van der Waals surface area (Å²) >= 11 is 0. The van der Waals surface area contributed by atoms with Crippen molar-refractivity contribution in [3.63, 3.8) is 0 Å². The Morgan fingerprint density at radius 3 is 2.11 bits per heavy atom. The van der Waals surface area contributed by atoms with Gasteiger partial charge in [-0.25, -0.2) is 4.79 Å². The Morgan fingerprint density at radius 2 is 1.48 bits per heavy atom. The maximum atomic E-state index is 13.0. The predicted molar refractivity (Wildman–Crippen MR) is 104 cm³/mol. The van der Waals surface area contributed by atoms with E-state index in [9.17, 15) is 19.8 Å². The highest BCUT2D eigenvalue weighted by Gasteiger charge is 2.20. The lowest BCUT2D eigenvalue weighted by Gasteiger charge is -2.14. The van der Waals surface area contributed by atoms with Crippen molar-refractivity contribution in [2.45, 2.75) is 13.3 Å². The molecule has 0 amide bonds. The molecule has 136 valence electrons. The van der Waals surface area contributed by atoms with Crippen molar-refractivity contribution in [2.75, 3.05) is 5.32 Å². The average molecular weight is 361 g/mol. The largest absolute Gasteiger partial charge is 0.506 e. The predicted octanol–water partition coefficient (Wildman–Crippen LogP) is 4.63. The molecule has 0 heterocycles. The van der Waals surface area contributed by atoms with Gasteiger partial charge in [0.2, 0.25) is 0 Å². The zero-order chi connectivity index (χ0) is 19.4. The Balaban J connectivity index is 2.00. The number of phenolic OH excluding ortho intramolecular Hbond substituents is 1. The molecule has 0 radical (unpaired) electrons. The number of nitrogens with one attached hydrogen (secondary N) is 1. The van der Waals surface area contributed by atoms with Gasteiger partial charge in [0.25, 0.3) is 0 Å². The lowest BCUT2D eigenvalue weighted by Crippen LogP contribution is -2.11. The van der Waals surface area contributed by atoms with Crippen LogP contribution in [0.15, 0.2) is 66.7 Å². The second-order valence-corrected chi connectivity index (χ2v) is 6.06. The van der Waals surface area contributed by atoms with Crippen molar-refractivity contribution >= 4 is 23.1 Å². The number of aryl methyl sites for hydroxylation is 1. The van der Waals surface area contributed by atoms with Crippen LogP contribution in [-0.4, -0.2) is 22.0 Å². The highest BCUT2D eigenvalue weighted by molar-refractivity contribution is 6.16. The van der Waals surface area contributed by atoms with Gasteiger partial charge in [0.15, 0.2) is 5.78 Å². The van der Waals surface area contributed by atoms with Crippen LogP contribution in [0.1, 0.15) is 38.8 Å². The standard InChI is InChI=1S/C22H19NO4/c1-2-14-11-12-19(20(24)13-14)23-18-10-6-5-9-17(18)21(25)15-7-3-4-8-16(15)22(26)27/h3-13,23-24H,2H2,1H3,(H,26,27). The first-order valence-electron chi connectivity index (χ1n) is 8.56. The van der Waals surface area contributed by atoms with Crippen molar-refractivity contribution in [3.05, 3.63) is 89.0 Å². The maximum Gasteiger partial charge on any atom is 0.336 e. The van der Waals surface area contributed by atoms with Crippen LogP contribution in [0.3, 0.4) is 0 Å². The van der Waals surface area contributed by atoms with Gasteiger partial charge < -0.3 is 15.5 Å². The van der Waals surface area contributed by atoms with E-state index in [-0.39, 0.29) is 16.9 Å². The molecule has 3 rings (SSSR count). The van der Waals surface area contributed by atoms with Crippen LogP contribution in [0.5, 0.6) is 5.75 Å². The van der Waals surface area contributed by atoms with E-state index in [4.69, 9.17) is 0 Å². The number of carbonyl (C=O) groups is 2. The molecule has 5 nitrogen and oxygen atoms in total. The first-order chi connectivity index (χ1) is 13.0. The number of hydrogen-bond acceptors (Lipinski definition) is 4. The monoisotopic (exact) mass is 361 g/mol. The summed E-state index contributed by atoms with van der Waals surface area (Å²) in [7, 11) is 0. The van der Waals surface area contributed by atoms with Crippen LogP contribution in [0.2, 0.25) is 0 Å². The normalized spacial score (nSPS) is 10.4. The van der Waals surface area contributed by atoms with Gasteiger partial charge in [-0.2, -0.15) is 0 Å². The molecule has 0 saturated heterocycles. The lowest BCUT2D eigenvalue weighted by atomic mass is 9.97. The van der Waals surface area contributed by atoms with Crippen LogP contribution in [0.4, 0.5) is 11.4 Å². The van der Waals surface area contributed by atoms with Crippen LogP contribution < -0.4 is 5.32 Å². The summed E-state index contributed by atoms with van der Waals surface area (Å²) in [5.74, 6) is -1.47. The minimum absolute atomic E-state index is 0.0487. The minimum Gasteiger partial charge on any atom is -0.506 e. The average Bonchev–Trinajstić information content (AvgIpc) is 2.69. The SMILES string of the molecule is CCc1ccc(Nc2ccccc2C(=O)c2ccccc2C(=O)O)c(O)c1. The fourth-order valence-corrected chi connectivity index (χ4v) is 2.85. The van der Waals surface area contributed by atoms with Gasteiger partial charge in [0.05, 0.1) is 11.3 Å². The van der Waals surface area contributed by atoms with E-state index >= 15 is 0 Å². The zero-order valence-corrected chi connectivity index (χ0v) is 14.8. The van der Waals surface area contributed by atoms with Crippen molar-refractivity contribution in [1.29, 1.82) is 0 Å². The summed E-state index contributed by atoms with van der Waals surface area (Å²) in [5, 5.41) is 22.6. The summed E-state index contributed by atoms with van der Waals surface area (Å²) in [6.45, 7) is 2.00. The molecule has 0 bridgehead atoms. The Bertz CT molecular complexity index is 1010. The zero-order valence-electron chi connectivity index (χ0n) is 14.8. The molecule has 5 heteroatoms. The summed E-state index contributed by atoms with van der Waals surface area (Å²) in [6, 6.07) is 18.2. The van der Waals surface area contributed by atoms with Crippen molar-refractivity contribution < 1.29 is 19.8 Å². The van der Waals surface area contributed by atoms with Crippen LogP contribution in [0, 0.1) is 0 Å². The third-order valence-corrected chi connectivity index (χ3v) is 4.31. The molecule has 0 unspecified atom stereocenters. The van der Waals surface area contributed by atoms with E-state index in [2.05, 4.69) is 5.32 Å². The number of anilines is 2.